The van der Waals surface area contributed by atoms with Gasteiger partial charge in [0, 0.05) is 24.4 Å². The van der Waals surface area contributed by atoms with Crippen LogP contribution in [0.4, 0.5) is 0 Å². The zero-order valence-corrected chi connectivity index (χ0v) is 14.2. The average Bonchev–Trinajstić information content (AvgIpc) is 2.94. The maximum atomic E-state index is 11.9. The average molecular weight is 316 g/mol. The molecule has 0 spiro atoms. The molecular formula is C16H24N6O. The van der Waals surface area contributed by atoms with Gasteiger partial charge in [0.05, 0.1) is 0 Å². The van der Waals surface area contributed by atoms with Gasteiger partial charge in [-0.2, -0.15) is 4.80 Å². The highest BCUT2D eigenvalue weighted by atomic mass is 16.2. The molecule has 0 unspecified atom stereocenters. The first kappa shape index (κ1) is 17.1. The van der Waals surface area contributed by atoms with Crippen molar-refractivity contribution < 1.29 is 4.79 Å². The molecule has 2 heterocycles. The molecule has 7 heteroatoms. The van der Waals surface area contributed by atoms with Crippen molar-refractivity contribution in [1.82, 2.24) is 30.5 Å². The van der Waals surface area contributed by atoms with Gasteiger partial charge in [0.2, 0.25) is 5.91 Å². The third kappa shape index (κ3) is 5.12. The van der Waals surface area contributed by atoms with Gasteiger partial charge in [0.15, 0.2) is 5.82 Å². The Morgan fingerprint density at radius 1 is 1.35 bits per heavy atom. The maximum absolute atomic E-state index is 11.9. The van der Waals surface area contributed by atoms with Crippen LogP contribution in [0.15, 0.2) is 18.5 Å². The number of hydrogen-bond donors (Lipinski definition) is 1. The lowest BCUT2D eigenvalue weighted by atomic mass is 9.96. The van der Waals surface area contributed by atoms with E-state index in [-0.39, 0.29) is 17.9 Å². The SMILES string of the molecule is Cc1cnccc1CCCNC(=O)Cn1nnc(C(C)(C)C)n1. The highest BCUT2D eigenvalue weighted by molar-refractivity contribution is 5.75. The fourth-order valence-corrected chi connectivity index (χ4v) is 2.08. The minimum absolute atomic E-state index is 0.0946. The molecule has 1 amide bonds. The van der Waals surface area contributed by atoms with Crippen LogP contribution in [-0.4, -0.2) is 37.6 Å². The second-order valence-electron chi connectivity index (χ2n) is 6.65. The van der Waals surface area contributed by atoms with Crippen molar-refractivity contribution in [1.29, 1.82) is 0 Å². The lowest BCUT2D eigenvalue weighted by Crippen LogP contribution is -2.29. The van der Waals surface area contributed by atoms with Crippen molar-refractivity contribution in [3.63, 3.8) is 0 Å². The van der Waals surface area contributed by atoms with Gasteiger partial charge in [-0.1, -0.05) is 20.8 Å². The number of aryl methyl sites for hydroxylation is 2. The summed E-state index contributed by atoms with van der Waals surface area (Å²) in [6.07, 6.45) is 5.46. The van der Waals surface area contributed by atoms with Gasteiger partial charge in [-0.15, -0.1) is 10.2 Å². The Labute approximate surface area is 136 Å². The van der Waals surface area contributed by atoms with Gasteiger partial charge in [0.25, 0.3) is 0 Å². The first-order valence-electron chi connectivity index (χ1n) is 7.81. The van der Waals surface area contributed by atoms with E-state index in [4.69, 9.17) is 0 Å². The second-order valence-corrected chi connectivity index (χ2v) is 6.65. The van der Waals surface area contributed by atoms with E-state index in [1.165, 1.54) is 15.9 Å². The molecule has 7 nitrogen and oxygen atoms in total. The van der Waals surface area contributed by atoms with Crippen LogP contribution in [0.5, 0.6) is 0 Å². The van der Waals surface area contributed by atoms with Crippen molar-refractivity contribution in [2.24, 2.45) is 0 Å². The summed E-state index contributed by atoms with van der Waals surface area (Å²) in [5, 5.41) is 15.0. The van der Waals surface area contributed by atoms with Gasteiger partial charge in [0.1, 0.15) is 6.54 Å². The van der Waals surface area contributed by atoms with E-state index in [0.29, 0.717) is 12.4 Å². The Balaban J connectivity index is 1.73. The number of amides is 1. The van der Waals surface area contributed by atoms with Gasteiger partial charge in [-0.3, -0.25) is 9.78 Å². The highest BCUT2D eigenvalue weighted by Gasteiger charge is 2.20. The smallest absolute Gasteiger partial charge is 0.243 e. The minimum Gasteiger partial charge on any atom is -0.354 e. The monoisotopic (exact) mass is 316 g/mol. The summed E-state index contributed by atoms with van der Waals surface area (Å²) in [5.74, 6) is 0.535. The van der Waals surface area contributed by atoms with E-state index >= 15 is 0 Å². The third-order valence-corrected chi connectivity index (χ3v) is 3.49. The standard InChI is InChI=1S/C16H24N6O/c1-12-10-17-9-7-13(12)6-5-8-18-14(23)11-22-20-15(19-21-22)16(2,3)4/h7,9-10H,5-6,8,11H2,1-4H3,(H,18,23). The zero-order chi connectivity index (χ0) is 16.9. The Hall–Kier alpha value is -2.31. The van der Waals surface area contributed by atoms with Crippen LogP contribution in [0.2, 0.25) is 0 Å². The number of aromatic nitrogens is 5. The van der Waals surface area contributed by atoms with E-state index in [1.807, 2.05) is 40.0 Å². The molecule has 0 atom stereocenters. The van der Waals surface area contributed by atoms with E-state index in [1.54, 1.807) is 6.20 Å². The molecule has 0 aliphatic heterocycles. The number of carbonyl (C=O) groups excluding carboxylic acids is 1. The van der Waals surface area contributed by atoms with Crippen LogP contribution in [0, 0.1) is 6.92 Å². The van der Waals surface area contributed by atoms with Crippen LogP contribution >= 0.6 is 0 Å². The van der Waals surface area contributed by atoms with E-state index in [9.17, 15) is 4.79 Å². The van der Waals surface area contributed by atoms with Crippen molar-refractivity contribution >= 4 is 5.91 Å². The fraction of sp³-hybridized carbons (Fsp3) is 0.562. The Bertz CT molecular complexity index is 659. The van der Waals surface area contributed by atoms with Crippen LogP contribution < -0.4 is 5.32 Å². The van der Waals surface area contributed by atoms with Crippen molar-refractivity contribution in [2.45, 2.75) is 52.5 Å². The summed E-state index contributed by atoms with van der Waals surface area (Å²) >= 11 is 0. The maximum Gasteiger partial charge on any atom is 0.243 e. The molecule has 0 aromatic carbocycles. The molecule has 0 radical (unpaired) electrons. The molecule has 2 aromatic heterocycles. The lowest BCUT2D eigenvalue weighted by molar-refractivity contribution is -0.122. The van der Waals surface area contributed by atoms with Gasteiger partial charge >= 0.3 is 0 Å². The van der Waals surface area contributed by atoms with Gasteiger partial charge in [-0.25, -0.2) is 0 Å². The van der Waals surface area contributed by atoms with E-state index in [2.05, 4.69) is 25.7 Å². The van der Waals surface area contributed by atoms with Gasteiger partial charge in [-0.05, 0) is 42.2 Å². The molecule has 23 heavy (non-hydrogen) atoms. The molecule has 0 saturated carbocycles. The molecule has 2 aromatic rings. The molecule has 124 valence electrons. The summed E-state index contributed by atoms with van der Waals surface area (Å²) in [6, 6.07) is 2.02. The molecule has 0 fully saturated rings. The van der Waals surface area contributed by atoms with Crippen molar-refractivity contribution in [2.75, 3.05) is 6.54 Å². The molecule has 0 saturated heterocycles. The van der Waals surface area contributed by atoms with E-state index in [0.717, 1.165) is 12.8 Å². The topological polar surface area (TPSA) is 85.6 Å². The van der Waals surface area contributed by atoms with Crippen LogP contribution in [0.1, 0.15) is 44.1 Å². The number of nitrogens with zero attached hydrogens (tertiary/aromatic N) is 5. The summed E-state index contributed by atoms with van der Waals surface area (Å²) < 4.78 is 0. The summed E-state index contributed by atoms with van der Waals surface area (Å²) in [4.78, 5) is 17.3. The molecule has 2 rings (SSSR count). The minimum atomic E-state index is -0.170. The van der Waals surface area contributed by atoms with Crippen molar-refractivity contribution in [3.05, 3.63) is 35.4 Å². The first-order chi connectivity index (χ1) is 10.9. The number of hydrogen-bond acceptors (Lipinski definition) is 5. The Morgan fingerprint density at radius 2 is 2.13 bits per heavy atom. The van der Waals surface area contributed by atoms with E-state index < -0.39 is 0 Å². The second kappa shape index (κ2) is 7.30. The predicted molar refractivity (Wildman–Crippen MR) is 86.8 cm³/mol. The third-order valence-electron chi connectivity index (χ3n) is 3.49. The summed E-state index contributed by atoms with van der Waals surface area (Å²) in [5.41, 5.74) is 2.28. The molecular weight excluding hydrogens is 292 g/mol. The molecule has 0 aliphatic rings. The molecule has 0 aliphatic carbocycles. The molecule has 0 bridgehead atoms. The lowest BCUT2D eigenvalue weighted by Gasteiger charge is -2.11. The molecule has 1 N–H and O–H groups in total. The summed E-state index contributed by atoms with van der Waals surface area (Å²) in [7, 11) is 0. The predicted octanol–water partition coefficient (Wildman–Crippen LogP) is 1.42. The number of nitrogens with one attached hydrogen (secondary N) is 1. The Morgan fingerprint density at radius 3 is 2.78 bits per heavy atom. The fourth-order valence-electron chi connectivity index (χ4n) is 2.08. The normalized spacial score (nSPS) is 11.5. The highest BCUT2D eigenvalue weighted by Crippen LogP contribution is 2.15. The van der Waals surface area contributed by atoms with Crippen LogP contribution in [0.3, 0.4) is 0 Å². The number of tetrazole rings is 1. The quantitative estimate of drug-likeness (QED) is 0.815. The van der Waals surface area contributed by atoms with Gasteiger partial charge < -0.3 is 5.32 Å². The van der Waals surface area contributed by atoms with Crippen LogP contribution in [0.25, 0.3) is 0 Å². The number of pyridine rings is 1. The van der Waals surface area contributed by atoms with Crippen LogP contribution in [-0.2, 0) is 23.2 Å². The van der Waals surface area contributed by atoms with Crippen molar-refractivity contribution in [3.8, 4) is 0 Å². The largest absolute Gasteiger partial charge is 0.354 e. The zero-order valence-electron chi connectivity index (χ0n) is 14.2. The number of rotatable bonds is 6. The first-order valence-corrected chi connectivity index (χ1v) is 7.81. The Kier molecular flexibility index (Phi) is 5.41. The summed E-state index contributed by atoms with van der Waals surface area (Å²) in [6.45, 7) is 8.80. The number of carbonyl (C=O) groups is 1.